The van der Waals surface area contributed by atoms with E-state index in [4.69, 9.17) is 4.74 Å². The zero-order valence-corrected chi connectivity index (χ0v) is 24.4. The van der Waals surface area contributed by atoms with Crippen LogP contribution in [-0.4, -0.2) is 6.71 Å². The smallest absolute Gasteiger partial charge is 0.256 e. The van der Waals surface area contributed by atoms with Crippen LogP contribution in [0.1, 0.15) is 0 Å². The highest BCUT2D eigenvalue weighted by Crippen LogP contribution is 2.40. The minimum absolute atomic E-state index is 0.113. The number of benzene rings is 7. The first kappa shape index (κ1) is 24.6. The van der Waals surface area contributed by atoms with E-state index in [1.54, 1.807) is 0 Å². The largest absolute Gasteiger partial charge is 0.458 e. The monoisotopic (exact) mass is 571 g/mol. The third kappa shape index (κ3) is 3.47. The van der Waals surface area contributed by atoms with Crippen LogP contribution in [0.5, 0.6) is 11.5 Å². The Bertz CT molecular complexity index is 2770. The highest BCUT2D eigenvalue weighted by Gasteiger charge is 2.41. The Hall–Kier alpha value is -5.80. The van der Waals surface area contributed by atoms with Gasteiger partial charge in [-0.1, -0.05) is 121 Å². The Morgan fingerprint density at radius 2 is 0.867 bits per heavy atom. The second kappa shape index (κ2) is 9.35. The molecule has 0 N–H and O–H groups in total. The third-order valence-electron chi connectivity index (χ3n) is 9.71. The minimum Gasteiger partial charge on any atom is -0.458 e. The van der Waals surface area contributed by atoms with Crippen LogP contribution in [0.4, 0.5) is 17.1 Å². The zero-order valence-electron chi connectivity index (χ0n) is 24.4. The topological polar surface area (TPSA) is 12.5 Å². The van der Waals surface area contributed by atoms with Gasteiger partial charge in [0, 0.05) is 17.1 Å². The van der Waals surface area contributed by atoms with E-state index >= 15 is 0 Å². The normalized spacial score (nSPS) is 13.0. The van der Waals surface area contributed by atoms with Crippen molar-refractivity contribution in [2.24, 2.45) is 0 Å². The van der Waals surface area contributed by atoms with Crippen LogP contribution in [0, 0.1) is 41.7 Å². The summed E-state index contributed by atoms with van der Waals surface area (Å²) >= 11 is 0. The molecule has 2 aliphatic heterocycles. The van der Waals surface area contributed by atoms with E-state index in [2.05, 4.69) is 163 Å². The van der Waals surface area contributed by atoms with Crippen LogP contribution >= 0.6 is 0 Å². The van der Waals surface area contributed by atoms with Crippen molar-refractivity contribution in [1.82, 2.24) is 0 Å². The first-order valence-electron chi connectivity index (χ1n) is 15.6. The second-order valence-corrected chi connectivity index (χ2v) is 12.0. The molecule has 0 unspecified atom stereocenters. The molecule has 0 saturated heterocycles. The van der Waals surface area contributed by atoms with Gasteiger partial charge in [-0.3, -0.25) is 0 Å². The lowest BCUT2D eigenvalue weighted by atomic mass is 9.34. The predicted molar refractivity (Wildman–Crippen MR) is 182 cm³/mol. The number of fused-ring (bicyclic) bond motifs is 8. The van der Waals surface area contributed by atoms with Gasteiger partial charge in [-0.2, -0.15) is 0 Å². The van der Waals surface area contributed by atoms with Crippen LogP contribution in [0.25, 0.3) is 0 Å². The van der Waals surface area contributed by atoms with Gasteiger partial charge in [-0.05, 0) is 94.5 Å². The maximum absolute atomic E-state index is 6.54. The Kier molecular flexibility index (Phi) is 5.12. The molecule has 2 heterocycles. The van der Waals surface area contributed by atoms with Gasteiger partial charge in [0.25, 0.3) is 6.71 Å². The molecule has 1 aliphatic carbocycles. The van der Waals surface area contributed by atoms with Crippen molar-refractivity contribution in [3.05, 3.63) is 199 Å². The molecular formula is C42H26BNO. The summed E-state index contributed by atoms with van der Waals surface area (Å²) in [5.41, 5.74) is 7.23. The average molecular weight is 571 g/mol. The molecule has 45 heavy (non-hydrogen) atoms. The fourth-order valence-electron chi connectivity index (χ4n) is 7.85. The van der Waals surface area contributed by atoms with Gasteiger partial charge >= 0.3 is 0 Å². The lowest BCUT2D eigenvalue weighted by Gasteiger charge is -2.39. The molecule has 0 aromatic heterocycles. The van der Waals surface area contributed by atoms with E-state index in [1.165, 1.54) is 63.8 Å². The molecule has 7 aromatic carbocycles. The third-order valence-corrected chi connectivity index (χ3v) is 9.71. The quantitative estimate of drug-likeness (QED) is 0.189. The fourth-order valence-corrected chi connectivity index (χ4v) is 7.85. The number of hydrogen-bond acceptors (Lipinski definition) is 2. The Morgan fingerprint density at radius 3 is 1.53 bits per heavy atom. The maximum atomic E-state index is 6.54. The van der Waals surface area contributed by atoms with Crippen LogP contribution in [0.15, 0.2) is 158 Å². The summed E-state index contributed by atoms with van der Waals surface area (Å²) in [5, 5.41) is 10.0. The number of rotatable bonds is 1. The first-order chi connectivity index (χ1) is 22.3. The molecule has 3 aliphatic rings. The fraction of sp³-hybridized carbons (Fsp3) is 0. The summed E-state index contributed by atoms with van der Waals surface area (Å²) in [6.45, 7) is 0.113. The van der Waals surface area contributed by atoms with Gasteiger partial charge in [-0.25, -0.2) is 0 Å². The molecule has 10 rings (SSSR count). The summed E-state index contributed by atoms with van der Waals surface area (Å²) < 4.78 is 6.54. The minimum atomic E-state index is 0.113. The molecule has 0 amide bonds. The average Bonchev–Trinajstić information content (AvgIpc) is 3.11. The number of ether oxygens (including phenoxy) is 1. The SMILES string of the molecule is c1ccc2c(c1)Oc1cccc3c1B2c1ccccc1N3c1ccc2c(c1)=c1ccccc1=c1ccccc1=c1ccccc1=2. The summed E-state index contributed by atoms with van der Waals surface area (Å²) in [4.78, 5) is 2.43. The lowest BCUT2D eigenvalue weighted by Crippen LogP contribution is -2.59. The summed E-state index contributed by atoms with van der Waals surface area (Å²) in [7, 11) is 0. The molecule has 0 saturated carbocycles. The van der Waals surface area contributed by atoms with Crippen molar-refractivity contribution in [2.45, 2.75) is 0 Å². The summed E-state index contributed by atoms with van der Waals surface area (Å²) in [6.07, 6.45) is 0. The Balaban J connectivity index is 1.36. The van der Waals surface area contributed by atoms with Crippen molar-refractivity contribution in [1.29, 1.82) is 0 Å². The molecule has 0 bridgehead atoms. The van der Waals surface area contributed by atoms with Crippen LogP contribution in [0.2, 0.25) is 0 Å². The standard InChI is InChI=1S/C42H26BNO/c1-2-13-29-28(12-1)30-14-3-4-16-32(30)34-25-24-27(26-35(34)33-17-6-5-15-31(29)33)44-38-20-9-7-18-36(38)43-37-19-8-10-22-40(37)45-41-23-11-21-39(44)42(41)43/h1-26H. The van der Waals surface area contributed by atoms with E-state index < -0.39 is 0 Å². The van der Waals surface area contributed by atoms with Gasteiger partial charge < -0.3 is 9.64 Å². The molecule has 208 valence electrons. The van der Waals surface area contributed by atoms with Crippen molar-refractivity contribution in [2.75, 3.05) is 4.90 Å². The Morgan fingerprint density at radius 1 is 0.378 bits per heavy atom. The molecular weight excluding hydrogens is 545 g/mol. The summed E-state index contributed by atoms with van der Waals surface area (Å²) in [5.74, 6) is 1.87. The molecule has 3 heteroatoms. The number of anilines is 3. The van der Waals surface area contributed by atoms with Gasteiger partial charge in [0.1, 0.15) is 11.5 Å². The molecule has 0 atom stereocenters. The predicted octanol–water partition coefficient (Wildman–Crippen LogP) is 7.55. The number of para-hydroxylation sites is 2. The number of hydrogen-bond donors (Lipinski definition) is 0. The maximum Gasteiger partial charge on any atom is 0.256 e. The highest BCUT2D eigenvalue weighted by molar-refractivity contribution is 6.99. The lowest BCUT2D eigenvalue weighted by molar-refractivity contribution is 0.487. The van der Waals surface area contributed by atoms with Crippen LogP contribution < -0.4 is 26.0 Å². The van der Waals surface area contributed by atoms with Gasteiger partial charge in [-0.15, -0.1) is 0 Å². The van der Waals surface area contributed by atoms with E-state index in [1.807, 2.05) is 0 Å². The Labute approximate surface area is 260 Å². The highest BCUT2D eigenvalue weighted by atomic mass is 16.5. The van der Waals surface area contributed by atoms with Gasteiger partial charge in [0.05, 0.1) is 0 Å². The van der Waals surface area contributed by atoms with Crippen molar-refractivity contribution < 1.29 is 4.74 Å². The van der Waals surface area contributed by atoms with Gasteiger partial charge in [0.15, 0.2) is 0 Å². The van der Waals surface area contributed by atoms with Crippen LogP contribution in [0.3, 0.4) is 0 Å². The molecule has 0 spiro atoms. The van der Waals surface area contributed by atoms with Crippen molar-refractivity contribution in [3.63, 3.8) is 0 Å². The molecule has 0 radical (unpaired) electrons. The number of nitrogens with zero attached hydrogens (tertiary/aromatic N) is 1. The van der Waals surface area contributed by atoms with Gasteiger partial charge in [0.2, 0.25) is 0 Å². The van der Waals surface area contributed by atoms with Crippen molar-refractivity contribution in [3.8, 4) is 11.5 Å². The zero-order chi connectivity index (χ0) is 29.5. The summed E-state index contributed by atoms with van der Waals surface area (Å²) in [6, 6.07) is 57.3. The van der Waals surface area contributed by atoms with Crippen LogP contribution in [-0.2, 0) is 0 Å². The first-order valence-corrected chi connectivity index (χ1v) is 15.6. The van der Waals surface area contributed by atoms with E-state index in [0.29, 0.717) is 0 Å². The van der Waals surface area contributed by atoms with Crippen molar-refractivity contribution >= 4 is 40.2 Å². The molecule has 2 nitrogen and oxygen atoms in total. The molecule has 7 aromatic rings. The van der Waals surface area contributed by atoms with E-state index in [9.17, 15) is 0 Å². The van der Waals surface area contributed by atoms with E-state index in [-0.39, 0.29) is 6.71 Å². The second-order valence-electron chi connectivity index (χ2n) is 12.0. The van der Waals surface area contributed by atoms with E-state index in [0.717, 1.165) is 22.9 Å². The molecule has 0 fully saturated rings.